The van der Waals surface area contributed by atoms with E-state index in [1.165, 1.54) is 10.5 Å². The molecule has 0 aliphatic carbocycles. The third kappa shape index (κ3) is 3.36. The van der Waals surface area contributed by atoms with Crippen LogP contribution < -0.4 is 16.4 Å². The maximum atomic E-state index is 13.2. The number of aryl methyl sites for hydroxylation is 1. The lowest BCUT2D eigenvalue weighted by Crippen LogP contribution is -2.36. The van der Waals surface area contributed by atoms with Gasteiger partial charge in [0.2, 0.25) is 0 Å². The molecule has 1 atom stereocenters. The molecular weight excluding hydrogens is 370 g/mol. The number of pyridine rings is 2. The lowest BCUT2D eigenvalue weighted by Gasteiger charge is -2.17. The second-order valence-corrected chi connectivity index (χ2v) is 7.19. The van der Waals surface area contributed by atoms with Gasteiger partial charge in [0.1, 0.15) is 16.8 Å². The van der Waals surface area contributed by atoms with Crippen LogP contribution in [0.15, 0.2) is 41.8 Å². The molecule has 0 aromatic carbocycles. The van der Waals surface area contributed by atoms with Gasteiger partial charge < -0.3 is 14.6 Å². The van der Waals surface area contributed by atoms with Crippen LogP contribution in [-0.4, -0.2) is 39.1 Å². The number of nitrogens with zero attached hydrogens (tertiary/aromatic N) is 3. The van der Waals surface area contributed by atoms with Crippen molar-refractivity contribution >= 4 is 22.6 Å². The first kappa shape index (κ1) is 19.1. The summed E-state index contributed by atoms with van der Waals surface area (Å²) in [6.07, 6.45) is 4.97. The molecule has 4 rings (SSSR count). The Morgan fingerprint density at radius 3 is 3.03 bits per heavy atom. The summed E-state index contributed by atoms with van der Waals surface area (Å²) in [4.78, 5) is 30.5. The quantitative estimate of drug-likeness (QED) is 0.507. The van der Waals surface area contributed by atoms with E-state index >= 15 is 0 Å². The molecule has 150 valence electrons. The SMILES string of the molecule is C=CCNC(=O)c1cc2c(=O)n3cccc(C)c3nc2n(C[C@H]2CCCO2)c1=N. The summed E-state index contributed by atoms with van der Waals surface area (Å²) in [5.74, 6) is -0.424. The van der Waals surface area contributed by atoms with Gasteiger partial charge in [0.25, 0.3) is 11.5 Å². The number of fused-ring (bicyclic) bond motifs is 2. The van der Waals surface area contributed by atoms with Crippen LogP contribution in [0.1, 0.15) is 28.8 Å². The molecule has 1 fully saturated rings. The first-order chi connectivity index (χ1) is 14.0. The van der Waals surface area contributed by atoms with E-state index in [4.69, 9.17) is 15.1 Å². The van der Waals surface area contributed by atoms with E-state index in [9.17, 15) is 9.59 Å². The Morgan fingerprint density at radius 2 is 2.31 bits per heavy atom. The van der Waals surface area contributed by atoms with Gasteiger partial charge in [-0.25, -0.2) is 4.98 Å². The summed E-state index contributed by atoms with van der Waals surface area (Å²) in [7, 11) is 0. The Morgan fingerprint density at radius 1 is 1.48 bits per heavy atom. The summed E-state index contributed by atoms with van der Waals surface area (Å²) in [5, 5.41) is 11.6. The standard InChI is InChI=1S/C21H23N5O3/c1-3-8-23-20(27)15-11-16-19(26(17(15)22)12-14-7-5-10-29-14)24-18-13(2)6-4-9-25(18)21(16)28/h3-4,6,9,11,14,22H,1,5,7-8,10,12H2,2H3,(H,23,27)/t14-/m1/s1. The highest BCUT2D eigenvalue weighted by Crippen LogP contribution is 2.17. The van der Waals surface area contributed by atoms with E-state index in [0.717, 1.165) is 18.4 Å². The van der Waals surface area contributed by atoms with Crippen molar-refractivity contribution in [2.75, 3.05) is 13.2 Å². The van der Waals surface area contributed by atoms with E-state index in [-0.39, 0.29) is 29.3 Å². The van der Waals surface area contributed by atoms with Crippen molar-refractivity contribution in [3.05, 3.63) is 64.0 Å². The van der Waals surface area contributed by atoms with Crippen molar-refractivity contribution in [3.8, 4) is 0 Å². The molecule has 0 bridgehead atoms. The molecule has 0 radical (unpaired) electrons. The molecule has 1 saturated heterocycles. The van der Waals surface area contributed by atoms with Crippen molar-refractivity contribution in [1.29, 1.82) is 5.41 Å². The van der Waals surface area contributed by atoms with Gasteiger partial charge in [0.05, 0.1) is 23.6 Å². The Labute approximate surface area is 167 Å². The zero-order chi connectivity index (χ0) is 20.5. The topological polar surface area (TPSA) is 101 Å². The largest absolute Gasteiger partial charge is 0.376 e. The molecule has 3 aromatic heterocycles. The minimum Gasteiger partial charge on any atom is -0.376 e. The third-order valence-corrected chi connectivity index (χ3v) is 5.20. The Bertz CT molecular complexity index is 1240. The van der Waals surface area contributed by atoms with Crippen LogP contribution in [0.25, 0.3) is 16.7 Å². The van der Waals surface area contributed by atoms with E-state index in [1.807, 2.05) is 13.0 Å². The van der Waals surface area contributed by atoms with Crippen molar-refractivity contribution in [1.82, 2.24) is 19.3 Å². The molecule has 4 heterocycles. The molecule has 3 aromatic rings. The second kappa shape index (κ2) is 7.63. The van der Waals surface area contributed by atoms with Gasteiger partial charge in [0.15, 0.2) is 0 Å². The average Bonchev–Trinajstić information content (AvgIpc) is 3.22. The number of hydrogen-bond donors (Lipinski definition) is 2. The van der Waals surface area contributed by atoms with Gasteiger partial charge in [0, 0.05) is 19.3 Å². The van der Waals surface area contributed by atoms with Crippen LogP contribution in [0.5, 0.6) is 0 Å². The van der Waals surface area contributed by atoms with Crippen LogP contribution in [-0.2, 0) is 11.3 Å². The summed E-state index contributed by atoms with van der Waals surface area (Å²) in [6, 6.07) is 5.14. The summed E-state index contributed by atoms with van der Waals surface area (Å²) >= 11 is 0. The molecule has 0 saturated carbocycles. The Balaban J connectivity index is 2.02. The van der Waals surface area contributed by atoms with Gasteiger partial charge in [-0.3, -0.25) is 19.4 Å². The van der Waals surface area contributed by atoms with Crippen LogP contribution in [0, 0.1) is 12.3 Å². The Hall–Kier alpha value is -3.26. The maximum Gasteiger partial charge on any atom is 0.267 e. The van der Waals surface area contributed by atoms with E-state index < -0.39 is 5.91 Å². The fourth-order valence-electron chi connectivity index (χ4n) is 3.70. The zero-order valence-electron chi connectivity index (χ0n) is 16.3. The summed E-state index contributed by atoms with van der Waals surface area (Å²) < 4.78 is 8.84. The first-order valence-corrected chi connectivity index (χ1v) is 9.62. The maximum absolute atomic E-state index is 13.2. The van der Waals surface area contributed by atoms with Gasteiger partial charge in [-0.1, -0.05) is 12.1 Å². The van der Waals surface area contributed by atoms with E-state index in [1.54, 1.807) is 22.9 Å². The number of carbonyl (C=O) groups excluding carboxylic acids is 1. The highest BCUT2D eigenvalue weighted by molar-refractivity contribution is 5.96. The number of nitrogens with one attached hydrogen (secondary N) is 2. The third-order valence-electron chi connectivity index (χ3n) is 5.20. The molecular formula is C21H23N5O3. The highest BCUT2D eigenvalue weighted by Gasteiger charge is 2.22. The number of aromatic nitrogens is 3. The predicted molar refractivity (Wildman–Crippen MR) is 109 cm³/mol. The van der Waals surface area contributed by atoms with Gasteiger partial charge in [-0.2, -0.15) is 0 Å². The zero-order valence-corrected chi connectivity index (χ0v) is 16.3. The number of amides is 1. The van der Waals surface area contributed by atoms with Gasteiger partial charge in [-0.15, -0.1) is 6.58 Å². The van der Waals surface area contributed by atoms with Gasteiger partial charge in [-0.05, 0) is 37.5 Å². The lowest BCUT2D eigenvalue weighted by atomic mass is 10.1. The fourth-order valence-corrected chi connectivity index (χ4v) is 3.70. The van der Waals surface area contributed by atoms with E-state index in [2.05, 4.69) is 11.9 Å². The normalized spacial score (nSPS) is 16.4. The fraction of sp³-hybridized carbons (Fsp3) is 0.333. The van der Waals surface area contributed by atoms with Crippen LogP contribution in [0.3, 0.4) is 0 Å². The van der Waals surface area contributed by atoms with Crippen molar-refractivity contribution in [2.45, 2.75) is 32.4 Å². The smallest absolute Gasteiger partial charge is 0.267 e. The van der Waals surface area contributed by atoms with Gasteiger partial charge >= 0.3 is 0 Å². The van der Waals surface area contributed by atoms with Crippen molar-refractivity contribution in [2.24, 2.45) is 0 Å². The van der Waals surface area contributed by atoms with Crippen LogP contribution in [0.2, 0.25) is 0 Å². The minimum atomic E-state index is -0.424. The Kier molecular flexibility index (Phi) is 5.02. The minimum absolute atomic E-state index is 0.0133. The molecule has 8 heteroatoms. The molecule has 1 aliphatic heterocycles. The highest BCUT2D eigenvalue weighted by atomic mass is 16.5. The summed E-state index contributed by atoms with van der Waals surface area (Å²) in [6.45, 7) is 6.80. The van der Waals surface area contributed by atoms with Crippen LogP contribution >= 0.6 is 0 Å². The molecule has 2 N–H and O–H groups in total. The van der Waals surface area contributed by atoms with Crippen molar-refractivity contribution < 1.29 is 9.53 Å². The molecule has 1 aliphatic rings. The number of ether oxygens (including phenoxy) is 1. The molecule has 0 unspecified atom stereocenters. The monoisotopic (exact) mass is 393 g/mol. The lowest BCUT2D eigenvalue weighted by molar-refractivity contribution is 0.0935. The second-order valence-electron chi connectivity index (χ2n) is 7.19. The molecule has 0 spiro atoms. The van der Waals surface area contributed by atoms with Crippen molar-refractivity contribution in [3.63, 3.8) is 0 Å². The average molecular weight is 393 g/mol. The molecule has 1 amide bonds. The number of hydrogen-bond acceptors (Lipinski definition) is 5. The van der Waals surface area contributed by atoms with Crippen LogP contribution in [0.4, 0.5) is 0 Å². The van der Waals surface area contributed by atoms with E-state index in [0.29, 0.717) is 29.8 Å². The predicted octanol–water partition coefficient (Wildman–Crippen LogP) is 1.53. The molecule has 8 nitrogen and oxygen atoms in total. The summed E-state index contributed by atoms with van der Waals surface area (Å²) in [5.41, 5.74) is 1.66. The number of carbonyl (C=O) groups is 1. The number of rotatable bonds is 5. The molecule has 29 heavy (non-hydrogen) atoms. The first-order valence-electron chi connectivity index (χ1n) is 9.62.